The summed E-state index contributed by atoms with van der Waals surface area (Å²) >= 11 is 0. The van der Waals surface area contributed by atoms with E-state index in [0.29, 0.717) is 51.0 Å². The largest absolute Gasteiger partial charge is 0.466 e. The Hall–Kier alpha value is -1.83. The normalized spacial score (nSPS) is 18.2. The second-order valence-corrected chi connectivity index (χ2v) is 6.98. The van der Waals surface area contributed by atoms with Gasteiger partial charge < -0.3 is 25.4 Å². The minimum atomic E-state index is -0.371. The summed E-state index contributed by atoms with van der Waals surface area (Å²) in [5.74, 6) is 0.698. The number of hydrogen-bond donors (Lipinski definition) is 2. The van der Waals surface area contributed by atoms with Crippen molar-refractivity contribution < 1.29 is 23.9 Å². The highest BCUT2D eigenvalue weighted by Crippen LogP contribution is 2.20. The maximum atomic E-state index is 11.2. The Kier molecular flexibility index (Phi) is 11.5. The number of esters is 2. The van der Waals surface area contributed by atoms with Gasteiger partial charge in [-0.2, -0.15) is 0 Å². The van der Waals surface area contributed by atoms with Crippen molar-refractivity contribution >= 4 is 18.0 Å². The van der Waals surface area contributed by atoms with Crippen LogP contribution < -0.4 is 11.1 Å². The monoisotopic (exact) mass is 385 g/mol. The molecule has 0 aliphatic carbocycles. The number of amides is 2. The van der Waals surface area contributed by atoms with Crippen molar-refractivity contribution in [1.82, 2.24) is 10.2 Å². The molecule has 2 rings (SSSR count). The third-order valence-corrected chi connectivity index (χ3v) is 4.91. The maximum Gasteiger partial charge on any atom is 0.314 e. The van der Waals surface area contributed by atoms with Crippen molar-refractivity contribution in [2.45, 2.75) is 52.4 Å². The van der Waals surface area contributed by atoms with Crippen molar-refractivity contribution in [3.05, 3.63) is 0 Å². The average molecular weight is 386 g/mol. The van der Waals surface area contributed by atoms with E-state index in [1.54, 1.807) is 11.8 Å². The number of hydrogen-bond acceptors (Lipinski definition) is 6. The number of ether oxygens (including phenoxy) is 2. The van der Waals surface area contributed by atoms with Gasteiger partial charge >= 0.3 is 18.0 Å². The van der Waals surface area contributed by atoms with E-state index in [0.717, 1.165) is 38.8 Å². The second kappa shape index (κ2) is 13.4. The van der Waals surface area contributed by atoms with Gasteiger partial charge in [-0.15, -0.1) is 0 Å². The van der Waals surface area contributed by atoms with E-state index in [-0.39, 0.29) is 18.0 Å². The van der Waals surface area contributed by atoms with Crippen molar-refractivity contribution in [3.8, 4) is 0 Å². The first-order chi connectivity index (χ1) is 13.0. The molecule has 27 heavy (non-hydrogen) atoms. The van der Waals surface area contributed by atoms with Crippen molar-refractivity contribution in [2.75, 3.05) is 39.4 Å². The van der Waals surface area contributed by atoms with E-state index in [1.165, 1.54) is 0 Å². The molecule has 2 amide bonds. The van der Waals surface area contributed by atoms with Gasteiger partial charge in [0.15, 0.2) is 0 Å². The van der Waals surface area contributed by atoms with Crippen LogP contribution in [0.1, 0.15) is 52.4 Å². The number of carbonyl (C=O) groups excluding carboxylic acids is 3. The van der Waals surface area contributed by atoms with E-state index in [9.17, 15) is 14.4 Å². The van der Waals surface area contributed by atoms with E-state index >= 15 is 0 Å². The fraction of sp³-hybridized carbons (Fsp3) is 0.842. The number of piperidine rings is 2. The Morgan fingerprint density at radius 2 is 1.33 bits per heavy atom. The lowest BCUT2D eigenvalue weighted by atomic mass is 9.94. The highest BCUT2D eigenvalue weighted by Gasteiger charge is 2.23. The molecule has 0 aromatic carbocycles. The molecular formula is C19H35N3O5. The third kappa shape index (κ3) is 10.2. The van der Waals surface area contributed by atoms with Gasteiger partial charge in [-0.25, -0.2) is 4.79 Å². The molecule has 0 bridgehead atoms. The van der Waals surface area contributed by atoms with Crippen LogP contribution in [0, 0.1) is 11.8 Å². The predicted octanol–water partition coefficient (Wildman–Crippen LogP) is 1.67. The molecule has 8 heteroatoms. The van der Waals surface area contributed by atoms with Gasteiger partial charge in [0.25, 0.3) is 0 Å². The van der Waals surface area contributed by atoms with Gasteiger partial charge in [0.1, 0.15) is 0 Å². The predicted molar refractivity (Wildman–Crippen MR) is 102 cm³/mol. The van der Waals surface area contributed by atoms with Gasteiger partial charge in [0.2, 0.25) is 0 Å². The van der Waals surface area contributed by atoms with Crippen LogP contribution in [0.15, 0.2) is 0 Å². The zero-order valence-electron chi connectivity index (χ0n) is 16.7. The number of nitrogens with two attached hydrogens (primary N) is 1. The van der Waals surface area contributed by atoms with Gasteiger partial charge in [-0.3, -0.25) is 9.59 Å². The number of likely N-dealkylation sites (tertiary alicyclic amines) is 1. The van der Waals surface area contributed by atoms with Crippen LogP contribution in [-0.2, 0) is 19.1 Å². The SMILES string of the molecule is CCOC(=O)CC1CCN(C(N)=O)CC1.CCOC(=O)CC1CCNCC1. The Balaban J connectivity index is 0.000000277. The Labute approximate surface area is 162 Å². The van der Waals surface area contributed by atoms with Crippen LogP contribution in [0.4, 0.5) is 4.79 Å². The smallest absolute Gasteiger partial charge is 0.314 e. The molecule has 8 nitrogen and oxygen atoms in total. The molecule has 2 saturated heterocycles. The number of nitrogens with zero attached hydrogens (tertiary/aromatic N) is 1. The van der Waals surface area contributed by atoms with Crippen LogP contribution in [-0.4, -0.2) is 62.3 Å². The topological polar surface area (TPSA) is 111 Å². The number of urea groups is 1. The number of nitrogens with one attached hydrogen (secondary N) is 1. The molecule has 0 saturated carbocycles. The zero-order valence-corrected chi connectivity index (χ0v) is 16.7. The summed E-state index contributed by atoms with van der Waals surface area (Å²) in [7, 11) is 0. The first-order valence-electron chi connectivity index (χ1n) is 10.0. The highest BCUT2D eigenvalue weighted by molar-refractivity contribution is 5.72. The van der Waals surface area contributed by atoms with E-state index in [4.69, 9.17) is 15.2 Å². The molecule has 2 fully saturated rings. The first-order valence-corrected chi connectivity index (χ1v) is 10.0. The molecular weight excluding hydrogens is 350 g/mol. The third-order valence-electron chi connectivity index (χ3n) is 4.91. The standard InChI is InChI=1S/C10H18N2O3.C9H17NO2/c1-2-15-9(13)7-8-3-5-12(6-4-8)10(11)14;1-2-12-9(11)7-8-3-5-10-6-4-8/h8H,2-7H2,1H3,(H2,11,14);8,10H,2-7H2,1H3. The van der Waals surface area contributed by atoms with Gasteiger partial charge in [-0.1, -0.05) is 0 Å². The molecule has 0 atom stereocenters. The average Bonchev–Trinajstić information content (AvgIpc) is 2.64. The van der Waals surface area contributed by atoms with E-state index in [2.05, 4.69) is 5.32 Å². The molecule has 2 aliphatic rings. The summed E-state index contributed by atoms with van der Waals surface area (Å²) in [6, 6.07) is -0.371. The molecule has 0 aromatic heterocycles. The van der Waals surface area contributed by atoms with E-state index < -0.39 is 0 Å². The van der Waals surface area contributed by atoms with Crippen LogP contribution in [0.5, 0.6) is 0 Å². The highest BCUT2D eigenvalue weighted by atomic mass is 16.5. The summed E-state index contributed by atoms with van der Waals surface area (Å²) in [5, 5.41) is 3.27. The van der Waals surface area contributed by atoms with E-state index in [1.807, 2.05) is 6.92 Å². The molecule has 0 radical (unpaired) electrons. The summed E-state index contributed by atoms with van der Waals surface area (Å²) in [5.41, 5.74) is 5.16. The lowest BCUT2D eigenvalue weighted by molar-refractivity contribution is -0.145. The van der Waals surface area contributed by atoms with Crippen molar-refractivity contribution in [2.24, 2.45) is 17.6 Å². The molecule has 156 valence electrons. The number of rotatable bonds is 6. The van der Waals surface area contributed by atoms with Gasteiger partial charge in [0, 0.05) is 25.9 Å². The zero-order chi connectivity index (χ0) is 20.1. The fourth-order valence-electron chi connectivity index (χ4n) is 3.35. The summed E-state index contributed by atoms with van der Waals surface area (Å²) in [6.07, 6.45) is 4.96. The molecule has 2 heterocycles. The van der Waals surface area contributed by atoms with Crippen molar-refractivity contribution in [3.63, 3.8) is 0 Å². The molecule has 0 spiro atoms. The number of primary amides is 1. The summed E-state index contributed by atoms with van der Waals surface area (Å²) in [4.78, 5) is 34.7. The van der Waals surface area contributed by atoms with Crippen LogP contribution in [0.2, 0.25) is 0 Å². The fourth-order valence-corrected chi connectivity index (χ4v) is 3.35. The van der Waals surface area contributed by atoms with Crippen LogP contribution >= 0.6 is 0 Å². The summed E-state index contributed by atoms with van der Waals surface area (Å²) in [6.45, 7) is 7.98. The van der Waals surface area contributed by atoms with Gasteiger partial charge in [-0.05, 0) is 64.5 Å². The number of carbonyl (C=O) groups is 3. The second-order valence-electron chi connectivity index (χ2n) is 6.98. The molecule has 3 N–H and O–H groups in total. The minimum Gasteiger partial charge on any atom is -0.466 e. The Morgan fingerprint density at radius 1 is 0.889 bits per heavy atom. The first kappa shape index (κ1) is 23.2. The van der Waals surface area contributed by atoms with Crippen molar-refractivity contribution in [1.29, 1.82) is 0 Å². The molecule has 0 unspecified atom stereocenters. The van der Waals surface area contributed by atoms with Gasteiger partial charge in [0.05, 0.1) is 13.2 Å². The lowest BCUT2D eigenvalue weighted by Crippen LogP contribution is -2.42. The summed E-state index contributed by atoms with van der Waals surface area (Å²) < 4.78 is 9.76. The quantitative estimate of drug-likeness (QED) is 0.673. The lowest BCUT2D eigenvalue weighted by Gasteiger charge is -2.30. The minimum absolute atomic E-state index is 0.0376. The molecule has 2 aliphatic heterocycles. The molecule has 0 aromatic rings. The maximum absolute atomic E-state index is 11.2. The van der Waals surface area contributed by atoms with Crippen LogP contribution in [0.25, 0.3) is 0 Å². The Morgan fingerprint density at radius 3 is 1.74 bits per heavy atom. The Bertz CT molecular complexity index is 458. The van der Waals surface area contributed by atoms with Crippen LogP contribution in [0.3, 0.4) is 0 Å².